The number of hydrogen-bond acceptors (Lipinski definition) is 4. The van der Waals surface area contributed by atoms with Crippen LogP contribution >= 0.6 is 11.6 Å². The molecule has 2 fully saturated rings. The third kappa shape index (κ3) is 2.95. The predicted octanol–water partition coefficient (Wildman–Crippen LogP) is -0.0429. The molecule has 0 unspecified atom stereocenters. The van der Waals surface area contributed by atoms with Gasteiger partial charge in [-0.2, -0.15) is 0 Å². The summed E-state index contributed by atoms with van der Waals surface area (Å²) in [6, 6.07) is 6.34. The second kappa shape index (κ2) is 6.24. The van der Waals surface area contributed by atoms with Gasteiger partial charge in [0.15, 0.2) is 0 Å². The highest BCUT2D eigenvalue weighted by Crippen LogP contribution is 2.20. The molecule has 6 nitrogen and oxygen atoms in total. The molecule has 1 aromatic carbocycles. The van der Waals surface area contributed by atoms with Crippen LogP contribution in [0.25, 0.3) is 0 Å². The largest absolute Gasteiger partial charge is 0.389 e. The van der Waals surface area contributed by atoms with Crippen molar-refractivity contribution >= 4 is 23.4 Å². The van der Waals surface area contributed by atoms with Gasteiger partial charge in [-0.1, -0.05) is 11.6 Å². The number of likely N-dealkylation sites (tertiary alicyclic amines) is 1. The molecule has 0 aromatic heterocycles. The second-order valence-corrected chi connectivity index (χ2v) is 6.05. The molecule has 2 aliphatic rings. The number of nitrogens with zero attached hydrogens (tertiary/aromatic N) is 2. The molecule has 0 radical (unpaired) electrons. The number of β-amino-alcohol motifs (C(OH)–C–C–N with tert-alkyl or cyclic N) is 1. The minimum atomic E-state index is -0.710. The minimum Gasteiger partial charge on any atom is -0.389 e. The Morgan fingerprint density at radius 2 is 2.00 bits per heavy atom. The Balaban J connectivity index is 1.71. The first-order chi connectivity index (χ1) is 10.6. The maximum atomic E-state index is 12.5. The van der Waals surface area contributed by atoms with Gasteiger partial charge in [-0.15, -0.1) is 0 Å². The highest BCUT2D eigenvalue weighted by Gasteiger charge is 2.40. The smallest absolute Gasteiger partial charge is 0.254 e. The fourth-order valence-corrected chi connectivity index (χ4v) is 3.11. The Kier molecular flexibility index (Phi) is 4.33. The van der Waals surface area contributed by atoms with Crippen molar-refractivity contribution in [3.63, 3.8) is 0 Å². The van der Waals surface area contributed by atoms with Crippen LogP contribution < -0.4 is 5.32 Å². The first-order valence-electron chi connectivity index (χ1n) is 7.29. The van der Waals surface area contributed by atoms with Crippen LogP contribution in [0, 0.1) is 0 Å². The first kappa shape index (κ1) is 15.3. The summed E-state index contributed by atoms with van der Waals surface area (Å²) < 4.78 is 0. The van der Waals surface area contributed by atoms with E-state index >= 15 is 0 Å². The molecule has 0 spiro atoms. The van der Waals surface area contributed by atoms with Gasteiger partial charge in [0.05, 0.1) is 18.7 Å². The third-order valence-electron chi connectivity index (χ3n) is 4.16. The van der Waals surface area contributed by atoms with Gasteiger partial charge in [-0.25, -0.2) is 0 Å². The zero-order valence-corrected chi connectivity index (χ0v) is 12.8. The number of carbonyl (C=O) groups excluding carboxylic acids is 2. The SMILES string of the molecule is O=C(c1ccc(Cl)cc1)N1C[C@@H](O)[C@H](N2CCNCC2=O)C1. The van der Waals surface area contributed by atoms with Crippen molar-refractivity contribution in [1.29, 1.82) is 0 Å². The highest BCUT2D eigenvalue weighted by atomic mass is 35.5. The third-order valence-corrected chi connectivity index (χ3v) is 4.42. The summed E-state index contributed by atoms with van der Waals surface area (Å²) in [5, 5.41) is 13.8. The molecule has 2 amide bonds. The molecule has 2 atom stereocenters. The van der Waals surface area contributed by atoms with Crippen molar-refractivity contribution in [3.05, 3.63) is 34.9 Å². The molecular weight excluding hydrogens is 306 g/mol. The fraction of sp³-hybridized carbons (Fsp3) is 0.467. The molecular formula is C15H18ClN3O3. The summed E-state index contributed by atoms with van der Waals surface area (Å²) in [5.74, 6) is -0.183. The Labute approximate surface area is 133 Å². The van der Waals surface area contributed by atoms with Crippen LogP contribution in [-0.2, 0) is 4.79 Å². The average molecular weight is 324 g/mol. The molecule has 1 aromatic rings. The number of benzene rings is 1. The van der Waals surface area contributed by atoms with Gasteiger partial charge in [-0.3, -0.25) is 9.59 Å². The minimum absolute atomic E-state index is 0.0314. The summed E-state index contributed by atoms with van der Waals surface area (Å²) in [4.78, 5) is 27.7. The van der Waals surface area contributed by atoms with Crippen molar-refractivity contribution in [1.82, 2.24) is 15.1 Å². The standard InChI is InChI=1S/C15H18ClN3O3/c16-11-3-1-10(2-4-11)15(22)18-8-12(13(20)9-18)19-6-5-17-7-14(19)21/h1-4,12-13,17,20H,5-9H2/t12-,13-/m1/s1. The van der Waals surface area contributed by atoms with Gasteiger partial charge < -0.3 is 20.2 Å². The van der Waals surface area contributed by atoms with Crippen molar-refractivity contribution in [2.75, 3.05) is 32.7 Å². The van der Waals surface area contributed by atoms with Crippen molar-refractivity contribution in [2.45, 2.75) is 12.1 Å². The summed E-state index contributed by atoms with van der Waals surface area (Å²) in [5.41, 5.74) is 0.531. The maximum absolute atomic E-state index is 12.5. The molecule has 22 heavy (non-hydrogen) atoms. The monoisotopic (exact) mass is 323 g/mol. The van der Waals surface area contributed by atoms with E-state index in [2.05, 4.69) is 5.32 Å². The summed E-state index contributed by atoms with van der Waals surface area (Å²) in [6.45, 7) is 2.15. The molecule has 0 bridgehead atoms. The zero-order chi connectivity index (χ0) is 15.7. The lowest BCUT2D eigenvalue weighted by Crippen LogP contribution is -2.55. The van der Waals surface area contributed by atoms with Gasteiger partial charge in [0.2, 0.25) is 5.91 Å². The zero-order valence-electron chi connectivity index (χ0n) is 12.0. The van der Waals surface area contributed by atoms with E-state index in [1.54, 1.807) is 34.1 Å². The normalized spacial score (nSPS) is 25.6. The number of halogens is 1. The van der Waals surface area contributed by atoms with Crippen LogP contribution in [0.5, 0.6) is 0 Å². The number of rotatable bonds is 2. The van der Waals surface area contributed by atoms with Gasteiger partial charge >= 0.3 is 0 Å². The lowest BCUT2D eigenvalue weighted by Gasteiger charge is -2.34. The van der Waals surface area contributed by atoms with E-state index in [1.165, 1.54) is 0 Å². The van der Waals surface area contributed by atoms with E-state index < -0.39 is 6.10 Å². The van der Waals surface area contributed by atoms with E-state index in [0.29, 0.717) is 30.2 Å². The van der Waals surface area contributed by atoms with Gasteiger partial charge in [0.1, 0.15) is 0 Å². The van der Waals surface area contributed by atoms with E-state index in [4.69, 9.17) is 11.6 Å². The Morgan fingerprint density at radius 3 is 2.68 bits per heavy atom. The van der Waals surface area contributed by atoms with Crippen LogP contribution in [0.4, 0.5) is 0 Å². The molecule has 118 valence electrons. The average Bonchev–Trinajstić information content (AvgIpc) is 2.90. The molecule has 2 heterocycles. The van der Waals surface area contributed by atoms with Gasteiger partial charge in [0, 0.05) is 36.8 Å². The molecule has 0 saturated carbocycles. The fourth-order valence-electron chi connectivity index (χ4n) is 2.99. The highest BCUT2D eigenvalue weighted by molar-refractivity contribution is 6.30. The Morgan fingerprint density at radius 1 is 1.27 bits per heavy atom. The van der Waals surface area contributed by atoms with Crippen LogP contribution in [0.15, 0.2) is 24.3 Å². The topological polar surface area (TPSA) is 72.9 Å². The van der Waals surface area contributed by atoms with Gasteiger partial charge in [-0.05, 0) is 24.3 Å². The summed E-state index contributed by atoms with van der Waals surface area (Å²) in [7, 11) is 0. The molecule has 7 heteroatoms. The van der Waals surface area contributed by atoms with Gasteiger partial charge in [0.25, 0.3) is 5.91 Å². The summed E-state index contributed by atoms with van der Waals surface area (Å²) in [6.07, 6.45) is -0.710. The number of carbonyl (C=O) groups is 2. The van der Waals surface area contributed by atoms with E-state index in [9.17, 15) is 14.7 Å². The lowest BCUT2D eigenvalue weighted by molar-refractivity contribution is -0.135. The maximum Gasteiger partial charge on any atom is 0.254 e. The Bertz CT molecular complexity index is 578. The predicted molar refractivity (Wildman–Crippen MR) is 81.7 cm³/mol. The van der Waals surface area contributed by atoms with E-state index in [1.807, 2.05) is 0 Å². The number of piperazine rings is 1. The summed E-state index contributed by atoms with van der Waals surface area (Å²) >= 11 is 5.82. The second-order valence-electron chi connectivity index (χ2n) is 5.62. The van der Waals surface area contributed by atoms with Crippen molar-refractivity contribution in [2.24, 2.45) is 0 Å². The number of nitrogens with one attached hydrogen (secondary N) is 1. The lowest BCUT2D eigenvalue weighted by atomic mass is 10.1. The molecule has 3 rings (SSSR count). The van der Waals surface area contributed by atoms with Crippen molar-refractivity contribution < 1.29 is 14.7 Å². The van der Waals surface area contributed by atoms with Crippen LogP contribution in [0.2, 0.25) is 5.02 Å². The number of aliphatic hydroxyl groups is 1. The van der Waals surface area contributed by atoms with Crippen LogP contribution in [0.3, 0.4) is 0 Å². The van der Waals surface area contributed by atoms with E-state index in [0.717, 1.165) is 0 Å². The molecule has 0 aliphatic carbocycles. The number of amides is 2. The van der Waals surface area contributed by atoms with E-state index in [-0.39, 0.29) is 30.9 Å². The quantitative estimate of drug-likeness (QED) is 0.801. The number of hydrogen-bond donors (Lipinski definition) is 2. The van der Waals surface area contributed by atoms with Crippen molar-refractivity contribution in [3.8, 4) is 0 Å². The number of aliphatic hydroxyl groups excluding tert-OH is 1. The van der Waals surface area contributed by atoms with Crippen LogP contribution in [-0.4, -0.2) is 71.6 Å². The first-order valence-corrected chi connectivity index (χ1v) is 7.67. The van der Waals surface area contributed by atoms with Crippen LogP contribution in [0.1, 0.15) is 10.4 Å². The molecule has 2 N–H and O–H groups in total. The molecule has 2 saturated heterocycles. The Hall–Kier alpha value is -1.63. The molecule has 2 aliphatic heterocycles.